The number of benzene rings is 1. The molecule has 1 rings (SSSR count). The molecule has 0 bridgehead atoms. The number of nitrogens with one attached hydrogen (secondary N) is 1. The monoisotopic (exact) mass is 201 g/mol. The molecule has 0 heterocycles. The number of terminal acetylenes is 1. The smallest absolute Gasteiger partial charge is 0.0294 e. The highest BCUT2D eigenvalue weighted by molar-refractivity contribution is 5.28. The van der Waals surface area contributed by atoms with Crippen LogP contribution in [0.3, 0.4) is 0 Å². The summed E-state index contributed by atoms with van der Waals surface area (Å²) in [5, 5.41) is 3.48. The molecule has 80 valence electrons. The minimum Gasteiger partial charge on any atom is -0.310 e. The standard InChI is InChI=1S/C14H19N/c1-4-5-8-11-15-13(3)14-10-7-6-9-12(14)2/h1,6-7,9-10,13,15H,5,8,11H2,2-3H3/t13-/m0/s1. The van der Waals surface area contributed by atoms with Crippen molar-refractivity contribution in [1.82, 2.24) is 5.32 Å². The predicted molar refractivity (Wildman–Crippen MR) is 65.7 cm³/mol. The highest BCUT2D eigenvalue weighted by Crippen LogP contribution is 2.16. The minimum atomic E-state index is 0.406. The third-order valence-corrected chi connectivity index (χ3v) is 2.60. The van der Waals surface area contributed by atoms with Crippen LogP contribution in [0.25, 0.3) is 0 Å². The lowest BCUT2D eigenvalue weighted by atomic mass is 10.0. The van der Waals surface area contributed by atoms with Gasteiger partial charge in [-0.2, -0.15) is 0 Å². The van der Waals surface area contributed by atoms with Gasteiger partial charge in [-0.3, -0.25) is 0 Å². The quantitative estimate of drug-likeness (QED) is 0.570. The summed E-state index contributed by atoms with van der Waals surface area (Å²) in [5.74, 6) is 2.65. The van der Waals surface area contributed by atoms with Crippen LogP contribution in [-0.4, -0.2) is 6.54 Å². The van der Waals surface area contributed by atoms with Crippen LogP contribution in [0.5, 0.6) is 0 Å². The lowest BCUT2D eigenvalue weighted by Gasteiger charge is -2.16. The van der Waals surface area contributed by atoms with Crippen molar-refractivity contribution in [1.29, 1.82) is 0 Å². The van der Waals surface area contributed by atoms with Crippen LogP contribution in [0, 0.1) is 19.3 Å². The third kappa shape index (κ3) is 3.77. The largest absolute Gasteiger partial charge is 0.310 e. The Bertz CT molecular complexity index is 335. The van der Waals surface area contributed by atoms with E-state index >= 15 is 0 Å². The molecule has 0 aliphatic heterocycles. The molecule has 1 nitrogen and oxygen atoms in total. The maximum Gasteiger partial charge on any atom is 0.0294 e. The first kappa shape index (κ1) is 11.8. The molecule has 1 heteroatoms. The van der Waals surface area contributed by atoms with Gasteiger partial charge in [0.25, 0.3) is 0 Å². The molecule has 0 radical (unpaired) electrons. The predicted octanol–water partition coefficient (Wildman–Crippen LogP) is 3.06. The van der Waals surface area contributed by atoms with E-state index in [0.29, 0.717) is 6.04 Å². The summed E-state index contributed by atoms with van der Waals surface area (Å²) in [6.07, 6.45) is 7.11. The van der Waals surface area contributed by atoms with Gasteiger partial charge in [-0.1, -0.05) is 24.3 Å². The molecule has 0 aromatic heterocycles. The second-order valence-corrected chi connectivity index (χ2v) is 3.84. The van der Waals surface area contributed by atoms with Gasteiger partial charge < -0.3 is 5.32 Å². The van der Waals surface area contributed by atoms with Crippen molar-refractivity contribution >= 4 is 0 Å². The Balaban J connectivity index is 2.44. The van der Waals surface area contributed by atoms with E-state index in [0.717, 1.165) is 19.4 Å². The molecule has 0 amide bonds. The molecule has 0 unspecified atom stereocenters. The van der Waals surface area contributed by atoms with E-state index in [4.69, 9.17) is 6.42 Å². The zero-order valence-electron chi connectivity index (χ0n) is 9.59. The van der Waals surface area contributed by atoms with Crippen molar-refractivity contribution in [3.05, 3.63) is 35.4 Å². The second kappa shape index (κ2) is 6.27. The van der Waals surface area contributed by atoms with Gasteiger partial charge in [-0.05, 0) is 37.9 Å². The van der Waals surface area contributed by atoms with Gasteiger partial charge in [0.2, 0.25) is 0 Å². The van der Waals surface area contributed by atoms with Gasteiger partial charge in [0, 0.05) is 12.5 Å². The molecule has 15 heavy (non-hydrogen) atoms. The maximum absolute atomic E-state index is 5.20. The number of aryl methyl sites for hydroxylation is 1. The summed E-state index contributed by atoms with van der Waals surface area (Å²) in [5.41, 5.74) is 2.72. The average Bonchev–Trinajstić information content (AvgIpc) is 2.25. The molecule has 0 fully saturated rings. The summed E-state index contributed by atoms with van der Waals surface area (Å²) < 4.78 is 0. The molecule has 0 saturated carbocycles. The Morgan fingerprint density at radius 2 is 2.13 bits per heavy atom. The summed E-state index contributed by atoms with van der Waals surface area (Å²) in [4.78, 5) is 0. The van der Waals surface area contributed by atoms with E-state index in [-0.39, 0.29) is 0 Å². The molecular weight excluding hydrogens is 182 g/mol. The molecule has 0 aliphatic carbocycles. The van der Waals surface area contributed by atoms with E-state index in [2.05, 4.69) is 49.4 Å². The molecular formula is C14H19N. The van der Waals surface area contributed by atoms with Gasteiger partial charge >= 0.3 is 0 Å². The molecule has 0 saturated heterocycles. The van der Waals surface area contributed by atoms with Crippen LogP contribution < -0.4 is 5.32 Å². The van der Waals surface area contributed by atoms with E-state index in [1.54, 1.807) is 0 Å². The first-order valence-electron chi connectivity index (χ1n) is 5.48. The van der Waals surface area contributed by atoms with Gasteiger partial charge in [0.05, 0.1) is 0 Å². The van der Waals surface area contributed by atoms with Crippen molar-refractivity contribution in [3.63, 3.8) is 0 Å². The van der Waals surface area contributed by atoms with Gasteiger partial charge in [0.1, 0.15) is 0 Å². The molecule has 0 spiro atoms. The van der Waals surface area contributed by atoms with Crippen molar-refractivity contribution in [3.8, 4) is 12.3 Å². The molecule has 1 aromatic rings. The van der Waals surface area contributed by atoms with E-state index < -0.39 is 0 Å². The number of rotatable bonds is 5. The van der Waals surface area contributed by atoms with Crippen LogP contribution >= 0.6 is 0 Å². The van der Waals surface area contributed by atoms with Crippen LogP contribution in [0.2, 0.25) is 0 Å². The Morgan fingerprint density at radius 1 is 1.40 bits per heavy atom. The Kier molecular flexibility index (Phi) is 4.93. The SMILES string of the molecule is C#CCCCN[C@@H](C)c1ccccc1C. The third-order valence-electron chi connectivity index (χ3n) is 2.60. The van der Waals surface area contributed by atoms with Crippen LogP contribution in [0.4, 0.5) is 0 Å². The highest BCUT2D eigenvalue weighted by Gasteiger charge is 2.05. The molecule has 1 N–H and O–H groups in total. The summed E-state index contributed by atoms with van der Waals surface area (Å²) in [6, 6.07) is 8.89. The van der Waals surface area contributed by atoms with Crippen molar-refractivity contribution in [2.45, 2.75) is 32.7 Å². The zero-order chi connectivity index (χ0) is 11.1. The average molecular weight is 201 g/mol. The topological polar surface area (TPSA) is 12.0 Å². The molecule has 1 aromatic carbocycles. The first-order valence-corrected chi connectivity index (χ1v) is 5.48. The maximum atomic E-state index is 5.20. The van der Waals surface area contributed by atoms with E-state index in [1.165, 1.54) is 11.1 Å². The summed E-state index contributed by atoms with van der Waals surface area (Å²) in [7, 11) is 0. The first-order chi connectivity index (χ1) is 7.25. The fraction of sp³-hybridized carbons (Fsp3) is 0.429. The number of unbranched alkanes of at least 4 members (excludes halogenated alkanes) is 1. The summed E-state index contributed by atoms with van der Waals surface area (Å²) >= 11 is 0. The number of hydrogen-bond donors (Lipinski definition) is 1. The van der Waals surface area contributed by atoms with Crippen LogP contribution in [0.1, 0.15) is 36.9 Å². The Labute approximate surface area is 92.9 Å². The fourth-order valence-corrected chi connectivity index (χ4v) is 1.69. The molecule has 0 aliphatic rings. The van der Waals surface area contributed by atoms with Crippen LogP contribution in [-0.2, 0) is 0 Å². The van der Waals surface area contributed by atoms with Crippen molar-refractivity contribution < 1.29 is 0 Å². The highest BCUT2D eigenvalue weighted by atomic mass is 14.9. The van der Waals surface area contributed by atoms with Gasteiger partial charge in [-0.25, -0.2) is 0 Å². The normalized spacial score (nSPS) is 12.1. The van der Waals surface area contributed by atoms with Crippen molar-refractivity contribution in [2.75, 3.05) is 6.54 Å². The van der Waals surface area contributed by atoms with Gasteiger partial charge in [-0.15, -0.1) is 12.3 Å². The minimum absolute atomic E-state index is 0.406. The zero-order valence-corrected chi connectivity index (χ0v) is 9.59. The van der Waals surface area contributed by atoms with E-state index in [1.807, 2.05) is 0 Å². The second-order valence-electron chi connectivity index (χ2n) is 3.84. The van der Waals surface area contributed by atoms with E-state index in [9.17, 15) is 0 Å². The lowest BCUT2D eigenvalue weighted by molar-refractivity contribution is 0.560. The lowest BCUT2D eigenvalue weighted by Crippen LogP contribution is -2.20. The van der Waals surface area contributed by atoms with Crippen LogP contribution in [0.15, 0.2) is 24.3 Å². The molecule has 1 atom stereocenters. The Morgan fingerprint density at radius 3 is 2.80 bits per heavy atom. The van der Waals surface area contributed by atoms with Gasteiger partial charge in [0.15, 0.2) is 0 Å². The summed E-state index contributed by atoms with van der Waals surface area (Å²) in [6.45, 7) is 5.33. The number of hydrogen-bond acceptors (Lipinski definition) is 1. The Hall–Kier alpha value is -1.26. The van der Waals surface area contributed by atoms with Crippen molar-refractivity contribution in [2.24, 2.45) is 0 Å². The fourth-order valence-electron chi connectivity index (χ4n) is 1.69.